The zero-order valence-electron chi connectivity index (χ0n) is 18.3. The monoisotopic (exact) mass is 478 g/mol. The van der Waals surface area contributed by atoms with Gasteiger partial charge in [-0.1, -0.05) is 37.3 Å². The molecule has 9 heteroatoms. The van der Waals surface area contributed by atoms with Crippen LogP contribution < -0.4 is 0 Å². The summed E-state index contributed by atoms with van der Waals surface area (Å²) in [5, 5.41) is 1.86. The van der Waals surface area contributed by atoms with Gasteiger partial charge >= 0.3 is 0 Å². The first-order chi connectivity index (χ1) is 15.2. The zero-order chi connectivity index (χ0) is 22.9. The molecule has 0 radical (unpaired) electrons. The van der Waals surface area contributed by atoms with Crippen molar-refractivity contribution in [1.29, 1.82) is 0 Å². The van der Waals surface area contributed by atoms with Crippen molar-refractivity contribution in [3.8, 4) is 0 Å². The van der Waals surface area contributed by atoms with Gasteiger partial charge in [0.05, 0.1) is 16.4 Å². The minimum atomic E-state index is -3.64. The first kappa shape index (κ1) is 23.2. The van der Waals surface area contributed by atoms with Gasteiger partial charge in [-0.3, -0.25) is 4.79 Å². The van der Waals surface area contributed by atoms with Gasteiger partial charge in [-0.15, -0.1) is 0 Å². The van der Waals surface area contributed by atoms with E-state index >= 15 is 0 Å². The molecule has 2 aromatic rings. The molecule has 1 unspecified atom stereocenters. The van der Waals surface area contributed by atoms with E-state index in [2.05, 4.69) is 0 Å². The summed E-state index contributed by atoms with van der Waals surface area (Å²) in [7, 11) is -6.71. The predicted octanol–water partition coefficient (Wildman–Crippen LogP) is 2.67. The number of fused-ring (bicyclic) bond motifs is 1. The molecule has 174 valence electrons. The van der Waals surface area contributed by atoms with Crippen molar-refractivity contribution in [3.05, 3.63) is 42.5 Å². The molecule has 0 aliphatic carbocycles. The lowest BCUT2D eigenvalue weighted by Gasteiger charge is -2.35. The normalized spacial score (nSPS) is 22.2. The highest BCUT2D eigenvalue weighted by Gasteiger charge is 2.38. The number of benzene rings is 2. The van der Waals surface area contributed by atoms with Gasteiger partial charge in [0.2, 0.25) is 15.9 Å². The topological polar surface area (TPSA) is 91.8 Å². The Kier molecular flexibility index (Phi) is 6.61. The molecule has 2 saturated heterocycles. The van der Waals surface area contributed by atoms with Crippen LogP contribution in [0.3, 0.4) is 0 Å². The van der Waals surface area contributed by atoms with Crippen molar-refractivity contribution in [3.63, 3.8) is 0 Å². The Morgan fingerprint density at radius 2 is 1.75 bits per heavy atom. The van der Waals surface area contributed by atoms with Crippen molar-refractivity contribution in [2.24, 2.45) is 5.92 Å². The number of piperidine rings is 1. The minimum Gasteiger partial charge on any atom is -0.338 e. The fraction of sp³-hybridized carbons (Fsp3) is 0.522. The lowest BCUT2D eigenvalue weighted by Crippen LogP contribution is -2.48. The Morgan fingerprint density at radius 1 is 1.06 bits per heavy atom. The second kappa shape index (κ2) is 9.11. The van der Waals surface area contributed by atoms with E-state index in [-0.39, 0.29) is 47.4 Å². The number of hydrogen-bond donors (Lipinski definition) is 0. The lowest BCUT2D eigenvalue weighted by atomic mass is 9.95. The van der Waals surface area contributed by atoms with Crippen molar-refractivity contribution in [1.82, 2.24) is 9.21 Å². The maximum atomic E-state index is 13.2. The number of carbonyl (C=O) groups is 1. The van der Waals surface area contributed by atoms with Crippen LogP contribution in [-0.4, -0.2) is 69.1 Å². The van der Waals surface area contributed by atoms with E-state index in [0.717, 1.165) is 17.2 Å². The van der Waals surface area contributed by atoms with Gasteiger partial charge in [0.25, 0.3) is 0 Å². The van der Waals surface area contributed by atoms with Crippen LogP contribution in [0.1, 0.15) is 32.6 Å². The van der Waals surface area contributed by atoms with E-state index in [0.29, 0.717) is 25.8 Å². The van der Waals surface area contributed by atoms with E-state index in [1.165, 1.54) is 4.31 Å². The number of rotatable bonds is 6. The Labute approximate surface area is 190 Å². The highest BCUT2D eigenvalue weighted by atomic mass is 32.2. The molecule has 1 amide bonds. The van der Waals surface area contributed by atoms with Crippen LogP contribution >= 0.6 is 0 Å². The van der Waals surface area contributed by atoms with Crippen LogP contribution in [0.25, 0.3) is 10.8 Å². The van der Waals surface area contributed by atoms with E-state index in [1.54, 1.807) is 17.0 Å². The second-order valence-electron chi connectivity index (χ2n) is 8.78. The first-order valence-corrected chi connectivity index (χ1v) is 14.5. The highest BCUT2D eigenvalue weighted by Crippen LogP contribution is 2.29. The SMILES string of the molecule is CCCN(C(=O)C1CCN(S(=O)(=O)c2ccc3ccccc3c2)CC1)C1CCS(=O)(=O)C1. The summed E-state index contributed by atoms with van der Waals surface area (Å²) in [6, 6.07) is 12.5. The van der Waals surface area contributed by atoms with Crippen LogP contribution in [0.4, 0.5) is 0 Å². The first-order valence-electron chi connectivity index (χ1n) is 11.2. The van der Waals surface area contributed by atoms with Crippen LogP contribution in [0, 0.1) is 5.92 Å². The maximum absolute atomic E-state index is 13.2. The smallest absolute Gasteiger partial charge is 0.243 e. The van der Waals surface area contributed by atoms with Gasteiger partial charge in [-0.2, -0.15) is 4.31 Å². The van der Waals surface area contributed by atoms with Gasteiger partial charge in [0.15, 0.2) is 9.84 Å². The van der Waals surface area contributed by atoms with Crippen molar-refractivity contribution < 1.29 is 21.6 Å². The molecule has 0 saturated carbocycles. The average molecular weight is 479 g/mol. The van der Waals surface area contributed by atoms with E-state index in [9.17, 15) is 21.6 Å². The number of nitrogens with zero attached hydrogens (tertiary/aromatic N) is 2. The molecule has 2 fully saturated rings. The Hall–Kier alpha value is -1.97. The number of hydrogen-bond acceptors (Lipinski definition) is 5. The van der Waals surface area contributed by atoms with Crippen molar-refractivity contribution in [2.75, 3.05) is 31.1 Å². The predicted molar refractivity (Wildman–Crippen MR) is 124 cm³/mol. The molecule has 2 aliphatic heterocycles. The third kappa shape index (κ3) is 4.70. The van der Waals surface area contributed by atoms with Crippen LogP contribution in [0.15, 0.2) is 47.4 Å². The van der Waals surface area contributed by atoms with Gasteiger partial charge in [-0.25, -0.2) is 16.8 Å². The van der Waals surface area contributed by atoms with Crippen LogP contribution in [-0.2, 0) is 24.7 Å². The minimum absolute atomic E-state index is 0.0308. The fourth-order valence-corrected chi connectivity index (χ4v) is 8.03. The third-order valence-electron chi connectivity index (χ3n) is 6.56. The zero-order valence-corrected chi connectivity index (χ0v) is 19.9. The number of amides is 1. The van der Waals surface area contributed by atoms with Gasteiger partial charge in [0.1, 0.15) is 0 Å². The van der Waals surface area contributed by atoms with Gasteiger partial charge in [-0.05, 0) is 48.6 Å². The van der Waals surface area contributed by atoms with Crippen LogP contribution in [0.2, 0.25) is 0 Å². The van der Waals surface area contributed by atoms with Crippen LogP contribution in [0.5, 0.6) is 0 Å². The number of sulfone groups is 1. The summed E-state index contributed by atoms with van der Waals surface area (Å²) in [6.07, 6.45) is 2.15. The van der Waals surface area contributed by atoms with E-state index in [4.69, 9.17) is 0 Å². The van der Waals surface area contributed by atoms with E-state index < -0.39 is 19.9 Å². The second-order valence-corrected chi connectivity index (χ2v) is 12.9. The van der Waals surface area contributed by atoms with Gasteiger partial charge in [0, 0.05) is 31.6 Å². The summed E-state index contributed by atoms with van der Waals surface area (Å²) in [4.78, 5) is 15.2. The average Bonchev–Trinajstić information content (AvgIpc) is 3.16. The highest BCUT2D eigenvalue weighted by molar-refractivity contribution is 7.91. The Morgan fingerprint density at radius 3 is 2.38 bits per heavy atom. The molecule has 2 aromatic carbocycles. The molecule has 2 heterocycles. The molecular weight excluding hydrogens is 448 g/mol. The molecule has 1 atom stereocenters. The standard InChI is InChI=1S/C23H30N2O5S2/c1-2-12-25(21-11-15-31(27,28)17-21)23(26)19-9-13-24(14-10-19)32(29,30)22-8-7-18-5-3-4-6-20(18)16-22/h3-8,16,19,21H,2,9-15,17H2,1H3. The largest absolute Gasteiger partial charge is 0.338 e. The molecule has 0 spiro atoms. The molecule has 0 bridgehead atoms. The van der Waals surface area contributed by atoms with Crippen molar-refractivity contribution in [2.45, 2.75) is 43.5 Å². The lowest BCUT2D eigenvalue weighted by molar-refractivity contribution is -0.138. The van der Waals surface area contributed by atoms with E-state index in [1.807, 2.05) is 37.3 Å². The quantitative estimate of drug-likeness (QED) is 0.637. The summed E-state index contributed by atoms with van der Waals surface area (Å²) in [5.41, 5.74) is 0. The fourth-order valence-electron chi connectivity index (χ4n) is 4.79. The molecule has 7 nitrogen and oxygen atoms in total. The summed E-state index contributed by atoms with van der Waals surface area (Å²) in [5.74, 6) is -0.133. The van der Waals surface area contributed by atoms with Crippen molar-refractivity contribution >= 4 is 36.5 Å². The molecule has 0 N–H and O–H groups in total. The molecule has 0 aromatic heterocycles. The molecule has 32 heavy (non-hydrogen) atoms. The number of carbonyl (C=O) groups excluding carboxylic acids is 1. The summed E-state index contributed by atoms with van der Waals surface area (Å²) in [6.45, 7) is 3.08. The molecule has 2 aliphatic rings. The van der Waals surface area contributed by atoms with Gasteiger partial charge < -0.3 is 4.90 Å². The molecular formula is C23H30N2O5S2. The molecule has 4 rings (SSSR count). The summed E-state index contributed by atoms with van der Waals surface area (Å²) >= 11 is 0. The summed E-state index contributed by atoms with van der Waals surface area (Å²) < 4.78 is 51.7. The third-order valence-corrected chi connectivity index (χ3v) is 10.2. The Balaban J connectivity index is 1.44. The number of sulfonamides is 1. The Bertz CT molecular complexity index is 1200. The maximum Gasteiger partial charge on any atom is 0.243 e.